The third kappa shape index (κ3) is 3.48. The van der Waals surface area contributed by atoms with E-state index in [-0.39, 0.29) is 48.5 Å². The fourth-order valence-electron chi connectivity index (χ4n) is 4.50. The molecule has 140 valence electrons. The third-order valence-electron chi connectivity index (χ3n) is 5.95. The molecule has 6 nitrogen and oxygen atoms in total. The predicted molar refractivity (Wildman–Crippen MR) is 98.7 cm³/mol. The lowest BCUT2D eigenvalue weighted by molar-refractivity contribution is -0.125. The van der Waals surface area contributed by atoms with Crippen LogP contribution in [0.4, 0.5) is 0 Å². The number of nitrogens with one attached hydrogen (secondary N) is 1. The van der Waals surface area contributed by atoms with Gasteiger partial charge in [0, 0.05) is 31.1 Å². The molecule has 26 heavy (non-hydrogen) atoms. The van der Waals surface area contributed by atoms with Gasteiger partial charge in [-0.3, -0.25) is 19.7 Å². The zero-order valence-corrected chi connectivity index (χ0v) is 15.3. The Labute approximate surface area is 158 Å². The predicted octanol–water partition coefficient (Wildman–Crippen LogP) is 1.12. The highest BCUT2D eigenvalue weighted by Gasteiger charge is 2.42. The Bertz CT molecular complexity index is 721. The van der Waals surface area contributed by atoms with Crippen LogP contribution in [0.25, 0.3) is 0 Å². The molecule has 7 heteroatoms. The summed E-state index contributed by atoms with van der Waals surface area (Å²) in [5.74, 6) is 0.346. The summed E-state index contributed by atoms with van der Waals surface area (Å²) >= 11 is 0. The first-order valence-corrected chi connectivity index (χ1v) is 8.99. The highest BCUT2D eigenvalue weighted by atomic mass is 35.5. The average Bonchev–Trinajstić information content (AvgIpc) is 3.25. The second-order valence-electron chi connectivity index (χ2n) is 7.59. The molecule has 0 bridgehead atoms. The molecule has 2 saturated heterocycles. The minimum atomic E-state index is -0.298. The molecule has 0 radical (unpaired) electrons. The number of carbonyl (C=O) groups is 3. The molecule has 4 unspecified atom stereocenters. The first-order chi connectivity index (χ1) is 12.0. The van der Waals surface area contributed by atoms with Crippen molar-refractivity contribution in [3.8, 4) is 0 Å². The standard InChI is InChI=1S/C19H23N3O3.ClH/c20-16-6-5-13-9-22(10-15(13)16)19(25)12-3-1-11(2-4-12)7-14-8-17(23)21-18(14)24;/h1-4,13-16H,5-10,20H2,(H,21,23,24);1H. The average molecular weight is 378 g/mol. The Morgan fingerprint density at radius 2 is 1.88 bits per heavy atom. The van der Waals surface area contributed by atoms with Gasteiger partial charge in [0.25, 0.3) is 5.91 Å². The van der Waals surface area contributed by atoms with E-state index in [0.29, 0.717) is 23.8 Å². The van der Waals surface area contributed by atoms with Gasteiger partial charge in [0.1, 0.15) is 0 Å². The summed E-state index contributed by atoms with van der Waals surface area (Å²) in [6.07, 6.45) is 2.96. The second-order valence-corrected chi connectivity index (χ2v) is 7.59. The van der Waals surface area contributed by atoms with Gasteiger partial charge < -0.3 is 10.6 Å². The van der Waals surface area contributed by atoms with E-state index < -0.39 is 0 Å². The Balaban J connectivity index is 0.00000196. The van der Waals surface area contributed by atoms with Crippen molar-refractivity contribution in [2.24, 2.45) is 23.5 Å². The third-order valence-corrected chi connectivity index (χ3v) is 5.95. The molecule has 0 aromatic heterocycles. The molecule has 3 fully saturated rings. The summed E-state index contributed by atoms with van der Waals surface area (Å²) in [5, 5.41) is 2.33. The number of nitrogens with zero attached hydrogens (tertiary/aromatic N) is 1. The summed E-state index contributed by atoms with van der Waals surface area (Å²) in [5.41, 5.74) is 7.78. The molecule has 1 aromatic rings. The van der Waals surface area contributed by atoms with Crippen LogP contribution in [0.2, 0.25) is 0 Å². The highest BCUT2D eigenvalue weighted by Crippen LogP contribution is 2.37. The van der Waals surface area contributed by atoms with Gasteiger partial charge in [-0.1, -0.05) is 12.1 Å². The molecule has 1 saturated carbocycles. The maximum absolute atomic E-state index is 12.7. The van der Waals surface area contributed by atoms with E-state index in [1.807, 2.05) is 29.2 Å². The first-order valence-electron chi connectivity index (χ1n) is 8.99. The normalized spacial score (nSPS) is 30.1. The van der Waals surface area contributed by atoms with E-state index in [2.05, 4.69) is 5.32 Å². The topological polar surface area (TPSA) is 92.5 Å². The van der Waals surface area contributed by atoms with Crippen LogP contribution in [0.3, 0.4) is 0 Å². The molecule has 0 spiro atoms. The van der Waals surface area contributed by atoms with E-state index in [4.69, 9.17) is 5.73 Å². The van der Waals surface area contributed by atoms with Crippen molar-refractivity contribution in [3.63, 3.8) is 0 Å². The van der Waals surface area contributed by atoms with E-state index in [1.165, 1.54) is 0 Å². The van der Waals surface area contributed by atoms with Crippen molar-refractivity contribution in [3.05, 3.63) is 35.4 Å². The van der Waals surface area contributed by atoms with Gasteiger partial charge in [0.15, 0.2) is 0 Å². The van der Waals surface area contributed by atoms with Crippen LogP contribution in [0.5, 0.6) is 0 Å². The molecule has 1 aromatic carbocycles. The smallest absolute Gasteiger partial charge is 0.253 e. The number of hydrogen-bond donors (Lipinski definition) is 2. The molecule has 2 aliphatic heterocycles. The van der Waals surface area contributed by atoms with Crippen molar-refractivity contribution in [1.82, 2.24) is 10.2 Å². The Morgan fingerprint density at radius 3 is 2.50 bits per heavy atom. The van der Waals surface area contributed by atoms with E-state index in [9.17, 15) is 14.4 Å². The molecule has 4 rings (SSSR count). The minimum absolute atomic E-state index is 0. The lowest BCUT2D eigenvalue weighted by Crippen LogP contribution is -2.33. The van der Waals surface area contributed by atoms with Crippen LogP contribution in [0.1, 0.15) is 35.2 Å². The minimum Gasteiger partial charge on any atom is -0.338 e. The van der Waals surface area contributed by atoms with Crippen molar-refractivity contribution >= 4 is 30.1 Å². The number of hydrogen-bond acceptors (Lipinski definition) is 4. The van der Waals surface area contributed by atoms with Crippen LogP contribution in [-0.4, -0.2) is 41.8 Å². The molecule has 1 aliphatic carbocycles. The van der Waals surface area contributed by atoms with Gasteiger partial charge in [0.2, 0.25) is 11.8 Å². The van der Waals surface area contributed by atoms with Gasteiger partial charge in [-0.05, 0) is 48.8 Å². The number of fused-ring (bicyclic) bond motifs is 1. The Hall–Kier alpha value is -1.92. The number of imide groups is 1. The number of carbonyl (C=O) groups excluding carboxylic acids is 3. The molecule has 3 aliphatic rings. The van der Waals surface area contributed by atoms with Gasteiger partial charge in [-0.15, -0.1) is 12.4 Å². The monoisotopic (exact) mass is 377 g/mol. The largest absolute Gasteiger partial charge is 0.338 e. The number of nitrogens with two attached hydrogens (primary N) is 1. The van der Waals surface area contributed by atoms with Crippen LogP contribution in [0, 0.1) is 17.8 Å². The van der Waals surface area contributed by atoms with Crippen LogP contribution < -0.4 is 11.1 Å². The highest BCUT2D eigenvalue weighted by molar-refractivity contribution is 6.03. The zero-order valence-electron chi connectivity index (χ0n) is 14.5. The molecular weight excluding hydrogens is 354 g/mol. The maximum atomic E-state index is 12.7. The lowest BCUT2D eigenvalue weighted by Gasteiger charge is -2.19. The zero-order chi connectivity index (χ0) is 17.6. The second kappa shape index (κ2) is 7.37. The molecular formula is C19H24ClN3O3. The van der Waals surface area contributed by atoms with Crippen molar-refractivity contribution in [1.29, 1.82) is 0 Å². The summed E-state index contributed by atoms with van der Waals surface area (Å²) < 4.78 is 0. The fourth-order valence-corrected chi connectivity index (χ4v) is 4.50. The van der Waals surface area contributed by atoms with Gasteiger partial charge >= 0.3 is 0 Å². The van der Waals surface area contributed by atoms with Crippen molar-refractivity contribution < 1.29 is 14.4 Å². The number of rotatable bonds is 3. The Morgan fingerprint density at radius 1 is 1.15 bits per heavy atom. The first kappa shape index (κ1) is 18.9. The van der Waals surface area contributed by atoms with Gasteiger partial charge in [-0.25, -0.2) is 0 Å². The molecule has 2 heterocycles. The fraction of sp³-hybridized carbons (Fsp3) is 0.526. The lowest BCUT2D eigenvalue weighted by atomic mass is 9.97. The molecule has 3 amide bonds. The summed E-state index contributed by atoms with van der Waals surface area (Å²) in [6, 6.07) is 7.63. The summed E-state index contributed by atoms with van der Waals surface area (Å²) in [7, 11) is 0. The number of benzene rings is 1. The van der Waals surface area contributed by atoms with E-state index in [0.717, 1.165) is 31.5 Å². The Kier molecular flexibility index (Phi) is 5.34. The van der Waals surface area contributed by atoms with E-state index >= 15 is 0 Å². The molecule has 3 N–H and O–H groups in total. The number of amides is 3. The van der Waals surface area contributed by atoms with Crippen LogP contribution in [-0.2, 0) is 16.0 Å². The van der Waals surface area contributed by atoms with Crippen molar-refractivity contribution in [2.45, 2.75) is 31.7 Å². The quantitative estimate of drug-likeness (QED) is 0.772. The molecule has 4 atom stereocenters. The van der Waals surface area contributed by atoms with Gasteiger partial charge in [0.05, 0.1) is 5.92 Å². The number of likely N-dealkylation sites (tertiary alicyclic amines) is 1. The van der Waals surface area contributed by atoms with Crippen molar-refractivity contribution in [2.75, 3.05) is 13.1 Å². The van der Waals surface area contributed by atoms with Crippen LogP contribution >= 0.6 is 12.4 Å². The van der Waals surface area contributed by atoms with Gasteiger partial charge in [-0.2, -0.15) is 0 Å². The maximum Gasteiger partial charge on any atom is 0.253 e. The SMILES string of the molecule is Cl.NC1CCC2CN(C(=O)c3ccc(CC4CC(=O)NC4=O)cc3)CC12. The van der Waals surface area contributed by atoms with Crippen LogP contribution in [0.15, 0.2) is 24.3 Å². The summed E-state index contributed by atoms with van der Waals surface area (Å²) in [4.78, 5) is 37.6. The summed E-state index contributed by atoms with van der Waals surface area (Å²) in [6.45, 7) is 1.57. The van der Waals surface area contributed by atoms with E-state index in [1.54, 1.807) is 0 Å². The number of halogens is 1.